The third-order valence-corrected chi connectivity index (χ3v) is 18.9. The lowest BCUT2D eigenvalue weighted by Crippen LogP contribution is -2.30. The smallest absolute Gasteiger partial charge is 0.463 e. The van der Waals surface area contributed by atoms with Gasteiger partial charge in [-0.2, -0.15) is 0 Å². The van der Waals surface area contributed by atoms with Gasteiger partial charge in [0.2, 0.25) is 0 Å². The molecule has 0 amide bonds. The number of esters is 3. The van der Waals surface area contributed by atoms with Crippen LogP contribution in [0.3, 0.4) is 0 Å². The Morgan fingerprint density at radius 3 is 0.842 bits per heavy atom. The fourth-order valence-electron chi connectivity index (χ4n) is 10.9. The summed E-state index contributed by atoms with van der Waals surface area (Å²) in [5.41, 5.74) is 0. The highest BCUT2D eigenvalue weighted by atomic mass is 31.2. The van der Waals surface area contributed by atoms with Crippen molar-refractivity contribution in [3.05, 3.63) is 109 Å². The van der Waals surface area contributed by atoms with Crippen LogP contribution in [0.15, 0.2) is 109 Å². The Morgan fingerprint density at radius 2 is 0.525 bits per heavy atom. The van der Waals surface area contributed by atoms with Crippen molar-refractivity contribution in [3.63, 3.8) is 0 Å². The van der Waals surface area contributed by atoms with Gasteiger partial charge in [-0.15, -0.1) is 0 Å². The number of phosphoric ester groups is 2. The summed E-state index contributed by atoms with van der Waals surface area (Å²) >= 11 is 0. The van der Waals surface area contributed by atoms with Gasteiger partial charge in [-0.1, -0.05) is 310 Å². The summed E-state index contributed by atoms with van der Waals surface area (Å²) in [6, 6.07) is 0. The number of allylic oxidation sites excluding steroid dienone is 18. The summed E-state index contributed by atoms with van der Waals surface area (Å²) in [7, 11) is -9.79. The zero-order valence-electron chi connectivity index (χ0n) is 63.8. The number of aliphatic hydroxyl groups is 2. The molecule has 0 aromatic carbocycles. The van der Waals surface area contributed by atoms with Gasteiger partial charge in [-0.05, 0) is 122 Å². The van der Waals surface area contributed by atoms with Crippen LogP contribution in [0, 0.1) is 0 Å². The average molecular weight is 1460 g/mol. The van der Waals surface area contributed by atoms with E-state index in [2.05, 4.69) is 130 Å². The van der Waals surface area contributed by atoms with E-state index in [1.54, 1.807) is 0 Å². The molecule has 0 saturated heterocycles. The van der Waals surface area contributed by atoms with Gasteiger partial charge in [0, 0.05) is 19.3 Å². The van der Waals surface area contributed by atoms with Gasteiger partial charge >= 0.3 is 33.6 Å². The first-order valence-electron chi connectivity index (χ1n) is 40.2. The molecule has 0 radical (unpaired) electrons. The first kappa shape index (κ1) is 97.2. The second-order valence-corrected chi connectivity index (χ2v) is 29.7. The number of hydrogen-bond acceptors (Lipinski definition) is 14. The van der Waals surface area contributed by atoms with E-state index in [4.69, 9.17) is 32.3 Å². The highest BCUT2D eigenvalue weighted by Crippen LogP contribution is 2.45. The molecule has 0 fully saturated rings. The molecular formula is C83H146O16P2. The van der Waals surface area contributed by atoms with Crippen molar-refractivity contribution in [2.45, 2.75) is 360 Å². The standard InChI is InChI=1S/C83H146O16P2/c1-4-7-10-13-16-19-22-25-28-30-31-32-33-34-35-36-37-38-39-40-41-42-43-44-45-47-50-51-54-57-60-63-66-69-81(86)93-72-78(84)73-95-100(89,90)96-74-79(85)75-97-101(91,92)98-77-80(99-83(88)71-68-65-62-59-56-53-48-27-24-21-18-15-12-9-6-3)76-94-82(87)70-67-64-61-58-55-52-49-46-29-26-23-20-17-14-11-8-5-2/h7-8,10-11,16-17,19-20,25-29,31-32,34-35,48,78-80,84-85H,4-6,9,12-15,18,21-24,30,33,36-47,49-77H2,1-3H3,(H,89,90)(H,91,92)/b10-7-,11-8-,19-16-,20-17-,28-25-,29-26-,32-31-,35-34-,48-27-. The van der Waals surface area contributed by atoms with Crippen LogP contribution in [0.5, 0.6) is 0 Å². The maximum Gasteiger partial charge on any atom is 0.472 e. The number of ether oxygens (including phenoxy) is 3. The molecule has 0 aromatic rings. The predicted molar refractivity (Wildman–Crippen MR) is 417 cm³/mol. The van der Waals surface area contributed by atoms with Gasteiger partial charge in [-0.25, -0.2) is 9.13 Å². The van der Waals surface area contributed by atoms with Gasteiger partial charge in [0.15, 0.2) is 6.10 Å². The van der Waals surface area contributed by atoms with Crippen molar-refractivity contribution < 1.29 is 75.8 Å². The van der Waals surface area contributed by atoms with Crippen LogP contribution in [-0.2, 0) is 55.8 Å². The van der Waals surface area contributed by atoms with E-state index in [0.717, 1.165) is 154 Å². The number of unbranched alkanes of at least 4 members (excludes halogenated alkanes) is 35. The average Bonchev–Trinajstić information content (AvgIpc) is 1.12. The third kappa shape index (κ3) is 77.1. The van der Waals surface area contributed by atoms with E-state index in [1.807, 2.05) is 0 Å². The monoisotopic (exact) mass is 1460 g/mol. The van der Waals surface area contributed by atoms with Crippen LogP contribution >= 0.6 is 15.6 Å². The Bertz CT molecular complexity index is 2270. The van der Waals surface area contributed by atoms with Crippen LogP contribution in [0.25, 0.3) is 0 Å². The Kier molecular flexibility index (Phi) is 73.0. The maximum absolute atomic E-state index is 12.9. The number of rotatable bonds is 76. The number of carbonyl (C=O) groups is 3. The molecule has 0 bridgehead atoms. The molecule has 584 valence electrons. The van der Waals surface area contributed by atoms with Gasteiger partial charge in [0.05, 0.1) is 26.4 Å². The number of aliphatic hydroxyl groups excluding tert-OH is 2. The topological polar surface area (TPSA) is 231 Å². The van der Waals surface area contributed by atoms with Gasteiger partial charge in [0.25, 0.3) is 0 Å². The minimum atomic E-state index is -4.93. The van der Waals surface area contributed by atoms with E-state index < -0.39 is 91.5 Å². The van der Waals surface area contributed by atoms with Crippen LogP contribution in [0.2, 0.25) is 0 Å². The molecule has 0 rings (SSSR count). The SMILES string of the molecule is CC/C=C\C/C=C\C/C=C\C/C=C\C/C=C\CCCCCCCCCCCCCCCCCCCC(=O)OCC(O)COP(=O)(O)OCC(O)COP(=O)(O)OCC(COC(=O)CCCCCCCCC/C=C\C/C=C\C/C=C\CC)OC(=O)CCCCCCC/C=C\CCCCCCCC. The van der Waals surface area contributed by atoms with Gasteiger partial charge in [-0.3, -0.25) is 32.5 Å². The summed E-state index contributed by atoms with van der Waals surface area (Å²) < 4.78 is 61.1. The molecule has 0 saturated carbocycles. The Labute approximate surface area is 615 Å². The lowest BCUT2D eigenvalue weighted by atomic mass is 10.0. The minimum absolute atomic E-state index is 0.0932. The van der Waals surface area contributed by atoms with E-state index in [1.165, 1.54) is 128 Å². The molecule has 18 heteroatoms. The number of carbonyl (C=O) groups excluding carboxylic acids is 3. The molecule has 5 atom stereocenters. The van der Waals surface area contributed by atoms with Crippen molar-refractivity contribution in [2.75, 3.05) is 39.6 Å². The highest BCUT2D eigenvalue weighted by molar-refractivity contribution is 7.47. The maximum atomic E-state index is 12.9. The molecular weight excluding hydrogens is 1310 g/mol. The summed E-state index contributed by atoms with van der Waals surface area (Å²) in [5.74, 6) is -1.58. The van der Waals surface area contributed by atoms with Crippen molar-refractivity contribution >= 4 is 33.6 Å². The van der Waals surface area contributed by atoms with Gasteiger partial charge in [0.1, 0.15) is 25.4 Å². The molecule has 0 aliphatic rings. The van der Waals surface area contributed by atoms with E-state index in [0.29, 0.717) is 19.3 Å². The molecule has 0 aliphatic heterocycles. The Balaban J connectivity index is 4.41. The van der Waals surface area contributed by atoms with Crippen molar-refractivity contribution in [1.29, 1.82) is 0 Å². The fraction of sp³-hybridized carbons (Fsp3) is 0.747. The zero-order valence-corrected chi connectivity index (χ0v) is 65.6. The summed E-state index contributed by atoms with van der Waals surface area (Å²) in [4.78, 5) is 58.6. The second kappa shape index (κ2) is 75.9. The quantitative estimate of drug-likeness (QED) is 0.0146. The summed E-state index contributed by atoms with van der Waals surface area (Å²) in [6.07, 6.45) is 88.7. The molecule has 4 N–H and O–H groups in total. The van der Waals surface area contributed by atoms with E-state index >= 15 is 0 Å². The molecule has 0 aliphatic carbocycles. The normalized spacial score (nSPS) is 14.6. The van der Waals surface area contributed by atoms with Crippen LogP contribution < -0.4 is 0 Å². The minimum Gasteiger partial charge on any atom is -0.463 e. The van der Waals surface area contributed by atoms with E-state index in [9.17, 15) is 43.5 Å². The molecule has 101 heavy (non-hydrogen) atoms. The molecule has 5 unspecified atom stereocenters. The lowest BCUT2D eigenvalue weighted by Gasteiger charge is -2.21. The van der Waals surface area contributed by atoms with Crippen molar-refractivity contribution in [1.82, 2.24) is 0 Å². The van der Waals surface area contributed by atoms with Crippen LogP contribution in [0.4, 0.5) is 0 Å². The largest absolute Gasteiger partial charge is 0.472 e. The predicted octanol–water partition coefficient (Wildman–Crippen LogP) is 23.5. The van der Waals surface area contributed by atoms with Gasteiger partial charge < -0.3 is 34.2 Å². The summed E-state index contributed by atoms with van der Waals surface area (Å²) in [6.45, 7) is 2.46. The highest BCUT2D eigenvalue weighted by Gasteiger charge is 2.29. The molecule has 16 nitrogen and oxygen atoms in total. The Hall–Kier alpha value is -3.79. The molecule has 0 heterocycles. The zero-order chi connectivity index (χ0) is 73.7. The van der Waals surface area contributed by atoms with E-state index in [-0.39, 0.29) is 19.3 Å². The lowest BCUT2D eigenvalue weighted by molar-refractivity contribution is -0.161. The third-order valence-electron chi connectivity index (χ3n) is 17.0. The van der Waals surface area contributed by atoms with Crippen molar-refractivity contribution in [2.24, 2.45) is 0 Å². The summed E-state index contributed by atoms with van der Waals surface area (Å²) in [5, 5.41) is 20.6. The number of phosphoric acid groups is 2. The number of hydrogen-bond donors (Lipinski definition) is 4. The Morgan fingerprint density at radius 1 is 0.287 bits per heavy atom. The van der Waals surface area contributed by atoms with Crippen LogP contribution in [0.1, 0.15) is 342 Å². The first-order chi connectivity index (χ1) is 49.2. The van der Waals surface area contributed by atoms with Crippen molar-refractivity contribution in [3.8, 4) is 0 Å². The second-order valence-electron chi connectivity index (χ2n) is 26.8. The fourth-order valence-corrected chi connectivity index (χ4v) is 12.5. The molecule has 0 spiro atoms. The first-order valence-corrected chi connectivity index (χ1v) is 43.2. The molecule has 0 aromatic heterocycles. The van der Waals surface area contributed by atoms with Crippen LogP contribution in [-0.4, -0.2) is 95.9 Å².